The fourth-order valence-electron chi connectivity index (χ4n) is 2.33. The average molecular weight is 179 g/mol. The van der Waals surface area contributed by atoms with Crippen LogP contribution in [0.15, 0.2) is 0 Å². The van der Waals surface area contributed by atoms with E-state index in [-0.39, 0.29) is 6.04 Å². The first-order valence-electron chi connectivity index (χ1n) is 4.99. The smallest absolute Gasteiger partial charge is 0.0660 e. The van der Waals surface area contributed by atoms with E-state index in [4.69, 9.17) is 5.73 Å². The number of nitrogens with two attached hydrogens (primary N) is 1. The van der Waals surface area contributed by atoms with Crippen LogP contribution >= 0.6 is 0 Å². The van der Waals surface area contributed by atoms with Crippen LogP contribution in [0.5, 0.6) is 0 Å². The monoisotopic (exact) mass is 179 g/mol. The average Bonchev–Trinajstić information content (AvgIpc) is 2.48. The summed E-state index contributed by atoms with van der Waals surface area (Å²) in [4.78, 5) is 0. The number of rotatable bonds is 1. The Morgan fingerprint density at radius 3 is 3.08 bits per heavy atom. The molecule has 3 N–H and O–H groups in total. The number of aromatic nitrogens is 2. The van der Waals surface area contributed by atoms with E-state index in [0.29, 0.717) is 5.92 Å². The number of nitrogens with one attached hydrogen (secondary N) is 1. The van der Waals surface area contributed by atoms with Crippen molar-refractivity contribution in [2.24, 2.45) is 5.73 Å². The van der Waals surface area contributed by atoms with Crippen LogP contribution in [0.4, 0.5) is 0 Å². The zero-order chi connectivity index (χ0) is 9.42. The molecule has 0 fully saturated rings. The molecule has 0 amide bonds. The number of nitrogens with zero attached hydrogens (tertiary/aromatic N) is 1. The van der Waals surface area contributed by atoms with Gasteiger partial charge in [0.1, 0.15) is 0 Å². The Morgan fingerprint density at radius 2 is 2.38 bits per heavy atom. The Morgan fingerprint density at radius 1 is 1.62 bits per heavy atom. The van der Waals surface area contributed by atoms with Gasteiger partial charge in [-0.2, -0.15) is 5.10 Å². The van der Waals surface area contributed by atoms with Gasteiger partial charge in [-0.1, -0.05) is 0 Å². The predicted molar refractivity (Wildman–Crippen MR) is 52.7 cm³/mol. The summed E-state index contributed by atoms with van der Waals surface area (Å²) >= 11 is 0. The molecule has 0 bridgehead atoms. The SMILES string of the molecule is Cc1[nH]nc2c1C(C(C)N)CCC2. The van der Waals surface area contributed by atoms with Crippen LogP contribution in [0.2, 0.25) is 0 Å². The normalized spacial score (nSPS) is 24.1. The lowest BCUT2D eigenvalue weighted by molar-refractivity contribution is 0.481. The predicted octanol–water partition coefficient (Wildman–Crippen LogP) is 1.49. The molecule has 0 aromatic carbocycles. The van der Waals surface area contributed by atoms with Gasteiger partial charge in [-0.15, -0.1) is 0 Å². The van der Waals surface area contributed by atoms with Gasteiger partial charge in [0, 0.05) is 23.2 Å². The van der Waals surface area contributed by atoms with Gasteiger partial charge in [-0.25, -0.2) is 0 Å². The third-order valence-electron chi connectivity index (χ3n) is 3.01. The van der Waals surface area contributed by atoms with Gasteiger partial charge in [0.2, 0.25) is 0 Å². The third-order valence-corrected chi connectivity index (χ3v) is 3.01. The van der Waals surface area contributed by atoms with E-state index in [1.807, 2.05) is 0 Å². The molecule has 1 aromatic heterocycles. The number of hydrogen-bond acceptors (Lipinski definition) is 2. The fraction of sp³-hybridized carbons (Fsp3) is 0.700. The lowest BCUT2D eigenvalue weighted by Gasteiger charge is -2.25. The van der Waals surface area contributed by atoms with Gasteiger partial charge in [-0.05, 0) is 33.1 Å². The minimum Gasteiger partial charge on any atom is -0.327 e. The first kappa shape index (κ1) is 8.75. The lowest BCUT2D eigenvalue weighted by Crippen LogP contribution is -2.27. The van der Waals surface area contributed by atoms with Crippen molar-refractivity contribution in [3.8, 4) is 0 Å². The highest BCUT2D eigenvalue weighted by Gasteiger charge is 2.26. The van der Waals surface area contributed by atoms with E-state index >= 15 is 0 Å². The summed E-state index contributed by atoms with van der Waals surface area (Å²) in [5.74, 6) is 0.516. The van der Waals surface area contributed by atoms with Crippen LogP contribution < -0.4 is 5.73 Å². The number of hydrogen-bond donors (Lipinski definition) is 2. The molecule has 2 rings (SSSR count). The summed E-state index contributed by atoms with van der Waals surface area (Å²) in [7, 11) is 0. The van der Waals surface area contributed by atoms with E-state index in [2.05, 4.69) is 24.0 Å². The molecule has 0 aliphatic heterocycles. The van der Waals surface area contributed by atoms with Crippen LogP contribution in [0.1, 0.15) is 42.6 Å². The van der Waals surface area contributed by atoms with Crippen molar-refractivity contribution in [2.75, 3.05) is 0 Å². The van der Waals surface area contributed by atoms with E-state index in [1.165, 1.54) is 29.8 Å². The molecule has 0 saturated heterocycles. The van der Waals surface area contributed by atoms with Crippen LogP contribution in [0.25, 0.3) is 0 Å². The molecule has 1 heterocycles. The van der Waals surface area contributed by atoms with Crippen molar-refractivity contribution in [2.45, 2.75) is 45.1 Å². The number of aryl methyl sites for hydroxylation is 2. The van der Waals surface area contributed by atoms with Gasteiger partial charge >= 0.3 is 0 Å². The number of H-pyrrole nitrogens is 1. The van der Waals surface area contributed by atoms with Crippen molar-refractivity contribution >= 4 is 0 Å². The first-order valence-corrected chi connectivity index (χ1v) is 4.99. The molecule has 1 aliphatic rings. The summed E-state index contributed by atoms with van der Waals surface area (Å²) in [5, 5.41) is 7.37. The van der Waals surface area contributed by atoms with Crippen LogP contribution in [0, 0.1) is 6.92 Å². The lowest BCUT2D eigenvalue weighted by atomic mass is 9.81. The fourth-order valence-corrected chi connectivity index (χ4v) is 2.33. The number of fused-ring (bicyclic) bond motifs is 1. The molecule has 0 saturated carbocycles. The van der Waals surface area contributed by atoms with E-state index in [9.17, 15) is 0 Å². The Kier molecular flexibility index (Phi) is 2.12. The zero-order valence-electron chi connectivity index (χ0n) is 8.30. The molecule has 2 atom stereocenters. The molecule has 3 nitrogen and oxygen atoms in total. The standard InChI is InChI=1S/C10H17N3/c1-6(11)8-4-3-5-9-10(8)7(2)12-13-9/h6,8H,3-5,11H2,1-2H3,(H,12,13). The highest BCUT2D eigenvalue weighted by Crippen LogP contribution is 2.33. The highest BCUT2D eigenvalue weighted by molar-refractivity contribution is 5.31. The van der Waals surface area contributed by atoms with Gasteiger partial charge in [0.25, 0.3) is 0 Å². The van der Waals surface area contributed by atoms with Crippen molar-refractivity contribution in [3.05, 3.63) is 17.0 Å². The molecule has 1 aliphatic carbocycles. The van der Waals surface area contributed by atoms with E-state index in [0.717, 1.165) is 6.42 Å². The van der Waals surface area contributed by atoms with Crippen molar-refractivity contribution in [3.63, 3.8) is 0 Å². The van der Waals surface area contributed by atoms with Crippen LogP contribution in [-0.4, -0.2) is 16.2 Å². The highest BCUT2D eigenvalue weighted by atomic mass is 15.1. The van der Waals surface area contributed by atoms with Crippen LogP contribution in [0.3, 0.4) is 0 Å². The summed E-state index contributed by atoms with van der Waals surface area (Å²) in [6.07, 6.45) is 3.55. The van der Waals surface area contributed by atoms with Gasteiger partial charge < -0.3 is 5.73 Å². The molecule has 3 heteroatoms. The summed E-state index contributed by atoms with van der Waals surface area (Å²) < 4.78 is 0. The Bertz CT molecular complexity index is 301. The second-order valence-electron chi connectivity index (χ2n) is 4.07. The zero-order valence-corrected chi connectivity index (χ0v) is 8.30. The Hall–Kier alpha value is -0.830. The maximum atomic E-state index is 5.97. The Balaban J connectivity index is 2.40. The topological polar surface area (TPSA) is 54.7 Å². The van der Waals surface area contributed by atoms with Crippen molar-refractivity contribution < 1.29 is 0 Å². The quantitative estimate of drug-likeness (QED) is 0.686. The Labute approximate surface area is 78.7 Å². The summed E-state index contributed by atoms with van der Waals surface area (Å²) in [6, 6.07) is 0.246. The molecular weight excluding hydrogens is 162 g/mol. The second kappa shape index (κ2) is 3.14. The largest absolute Gasteiger partial charge is 0.327 e. The maximum Gasteiger partial charge on any atom is 0.0660 e. The van der Waals surface area contributed by atoms with Gasteiger partial charge in [-0.3, -0.25) is 5.10 Å². The molecule has 2 unspecified atom stereocenters. The number of aromatic amines is 1. The van der Waals surface area contributed by atoms with E-state index in [1.54, 1.807) is 0 Å². The first-order chi connectivity index (χ1) is 6.20. The summed E-state index contributed by atoms with van der Waals surface area (Å²) in [5.41, 5.74) is 9.81. The van der Waals surface area contributed by atoms with Crippen molar-refractivity contribution in [1.82, 2.24) is 10.2 Å². The van der Waals surface area contributed by atoms with E-state index < -0.39 is 0 Å². The second-order valence-corrected chi connectivity index (χ2v) is 4.07. The minimum absolute atomic E-state index is 0.246. The molecular formula is C10H17N3. The summed E-state index contributed by atoms with van der Waals surface area (Å²) in [6.45, 7) is 4.18. The molecule has 0 spiro atoms. The molecule has 72 valence electrons. The molecule has 1 aromatic rings. The minimum atomic E-state index is 0.246. The molecule has 0 radical (unpaired) electrons. The van der Waals surface area contributed by atoms with Gasteiger partial charge in [0.15, 0.2) is 0 Å². The van der Waals surface area contributed by atoms with Crippen molar-refractivity contribution in [1.29, 1.82) is 0 Å². The maximum absolute atomic E-state index is 5.97. The van der Waals surface area contributed by atoms with Gasteiger partial charge in [0.05, 0.1) is 5.69 Å². The molecule has 13 heavy (non-hydrogen) atoms. The van der Waals surface area contributed by atoms with Crippen LogP contribution in [-0.2, 0) is 6.42 Å². The third kappa shape index (κ3) is 1.37.